The number of amides is 1. The minimum atomic E-state index is -2.71. The second-order valence-corrected chi connectivity index (χ2v) is 9.79. The highest BCUT2D eigenvalue weighted by Gasteiger charge is 2.84. The van der Waals surface area contributed by atoms with Crippen LogP contribution in [0.2, 0.25) is 0 Å². The number of carbonyl (C=O) groups excluding carboxylic acids is 1. The number of piperidine rings is 1. The molecule has 0 spiro atoms. The Kier molecular flexibility index (Phi) is 3.18. The summed E-state index contributed by atoms with van der Waals surface area (Å²) in [6.45, 7) is 0. The zero-order valence-corrected chi connectivity index (χ0v) is 14.8. The SMILES string of the molecule is N#CC1N(C(=O)C(N)C23CC4CC(CC(O)(C4)C2)C3)C2C(C1(O)O)C2(O)O. The summed E-state index contributed by atoms with van der Waals surface area (Å²) in [5.41, 5.74) is 4.96. The average Bonchev–Trinajstić information content (AvgIpc) is 2.99. The van der Waals surface area contributed by atoms with Crippen LogP contribution in [0.5, 0.6) is 0 Å². The fourth-order valence-electron chi connectivity index (χ4n) is 7.28. The summed E-state index contributed by atoms with van der Waals surface area (Å²) in [5, 5.41) is 60.7. The Morgan fingerprint density at radius 1 is 1.07 bits per heavy atom. The van der Waals surface area contributed by atoms with Gasteiger partial charge in [0.25, 0.3) is 0 Å². The molecule has 9 heteroatoms. The Bertz CT molecular complexity index is 747. The summed E-state index contributed by atoms with van der Waals surface area (Å²) in [4.78, 5) is 14.1. The fraction of sp³-hybridized carbons (Fsp3) is 0.889. The minimum Gasteiger partial charge on any atom is -0.390 e. The Morgan fingerprint density at radius 2 is 1.67 bits per heavy atom. The van der Waals surface area contributed by atoms with Crippen LogP contribution >= 0.6 is 0 Å². The van der Waals surface area contributed by atoms with Gasteiger partial charge in [-0.1, -0.05) is 0 Å². The van der Waals surface area contributed by atoms with Crippen LogP contribution in [0.25, 0.3) is 0 Å². The van der Waals surface area contributed by atoms with Gasteiger partial charge in [-0.2, -0.15) is 5.26 Å². The summed E-state index contributed by atoms with van der Waals surface area (Å²) in [6.07, 6.45) is 4.29. The van der Waals surface area contributed by atoms with Crippen molar-refractivity contribution in [3.8, 4) is 6.07 Å². The van der Waals surface area contributed by atoms with Crippen molar-refractivity contribution in [1.82, 2.24) is 4.90 Å². The summed E-state index contributed by atoms with van der Waals surface area (Å²) >= 11 is 0. The highest BCUT2D eigenvalue weighted by molar-refractivity contribution is 5.85. The third kappa shape index (κ3) is 2.06. The summed E-state index contributed by atoms with van der Waals surface area (Å²) in [7, 11) is 0. The molecule has 7 N–H and O–H groups in total. The number of likely N-dealkylation sites (tertiary alicyclic amines) is 1. The molecule has 0 radical (unpaired) electrons. The normalized spacial score (nSPS) is 51.6. The molecule has 0 aromatic heterocycles. The van der Waals surface area contributed by atoms with Gasteiger partial charge in [-0.25, -0.2) is 0 Å². The van der Waals surface area contributed by atoms with Gasteiger partial charge in [-0.05, 0) is 55.8 Å². The predicted octanol–water partition coefficient (Wildman–Crippen LogP) is -2.26. The third-order valence-electron chi connectivity index (χ3n) is 7.92. The van der Waals surface area contributed by atoms with Crippen molar-refractivity contribution in [2.75, 3.05) is 0 Å². The molecule has 9 nitrogen and oxygen atoms in total. The van der Waals surface area contributed by atoms with Gasteiger partial charge in [0.05, 0.1) is 23.6 Å². The van der Waals surface area contributed by atoms with Crippen molar-refractivity contribution >= 4 is 5.91 Å². The molecule has 1 saturated heterocycles. The summed E-state index contributed by atoms with van der Waals surface area (Å²) in [6, 6.07) is -2.23. The van der Waals surface area contributed by atoms with Crippen LogP contribution in [0.4, 0.5) is 0 Å². The van der Waals surface area contributed by atoms with Gasteiger partial charge in [0.1, 0.15) is 6.04 Å². The van der Waals surface area contributed by atoms with Crippen LogP contribution < -0.4 is 5.73 Å². The molecular formula is C18H25N3O6. The smallest absolute Gasteiger partial charge is 0.241 e. The number of nitrogens with zero attached hydrogens (tertiary/aromatic N) is 2. The number of nitrogens with two attached hydrogens (primary N) is 1. The standard InChI is InChI=1S/C18H25N3O6/c19-6-10-17(24,25)11-13(18(11,26)27)21(10)14(22)12(20)15-2-8-1-9(3-15)5-16(23,4-8)7-15/h8-13,23-27H,1-5,7,20H2. The number of hydrogen-bond acceptors (Lipinski definition) is 8. The van der Waals surface area contributed by atoms with E-state index in [1.807, 2.05) is 0 Å². The molecule has 6 aliphatic rings. The first-order chi connectivity index (χ1) is 12.5. The van der Waals surface area contributed by atoms with Crippen molar-refractivity contribution in [3.05, 3.63) is 0 Å². The van der Waals surface area contributed by atoms with E-state index in [1.54, 1.807) is 6.07 Å². The highest BCUT2D eigenvalue weighted by atomic mass is 16.6. The monoisotopic (exact) mass is 379 g/mol. The van der Waals surface area contributed by atoms with E-state index in [9.17, 15) is 35.6 Å². The molecule has 6 atom stereocenters. The average molecular weight is 379 g/mol. The van der Waals surface area contributed by atoms with Crippen molar-refractivity contribution in [1.29, 1.82) is 5.26 Å². The zero-order valence-electron chi connectivity index (χ0n) is 14.8. The molecule has 5 saturated carbocycles. The molecule has 27 heavy (non-hydrogen) atoms. The van der Waals surface area contributed by atoms with Crippen LogP contribution in [0.3, 0.4) is 0 Å². The van der Waals surface area contributed by atoms with Crippen LogP contribution in [-0.4, -0.2) is 71.6 Å². The lowest BCUT2D eigenvalue weighted by Crippen LogP contribution is -2.66. The van der Waals surface area contributed by atoms with Gasteiger partial charge >= 0.3 is 0 Å². The van der Waals surface area contributed by atoms with Crippen LogP contribution in [0.15, 0.2) is 0 Å². The molecule has 4 bridgehead atoms. The maximum atomic E-state index is 13.3. The lowest BCUT2D eigenvalue weighted by Gasteiger charge is -2.61. The van der Waals surface area contributed by atoms with E-state index < -0.39 is 52.5 Å². The van der Waals surface area contributed by atoms with Crippen LogP contribution in [0, 0.1) is 34.5 Å². The number of carbonyl (C=O) groups is 1. The zero-order chi connectivity index (χ0) is 19.6. The largest absolute Gasteiger partial charge is 0.390 e. The Labute approximate surface area is 156 Å². The maximum Gasteiger partial charge on any atom is 0.241 e. The fourth-order valence-corrected chi connectivity index (χ4v) is 7.28. The Morgan fingerprint density at radius 3 is 2.19 bits per heavy atom. The summed E-state index contributed by atoms with van der Waals surface area (Å²) in [5.74, 6) is -6.66. The molecule has 1 amide bonds. The van der Waals surface area contributed by atoms with Crippen molar-refractivity contribution in [2.24, 2.45) is 28.9 Å². The number of aliphatic hydroxyl groups is 5. The first-order valence-electron chi connectivity index (χ1n) is 9.54. The first kappa shape index (κ1) is 17.8. The van der Waals surface area contributed by atoms with Gasteiger partial charge in [0.2, 0.25) is 11.7 Å². The van der Waals surface area contributed by atoms with Gasteiger partial charge in [-0.15, -0.1) is 0 Å². The third-order valence-corrected chi connectivity index (χ3v) is 7.92. The number of nitriles is 1. The van der Waals surface area contributed by atoms with E-state index in [1.165, 1.54) is 0 Å². The molecule has 1 heterocycles. The van der Waals surface area contributed by atoms with Crippen molar-refractivity contribution in [2.45, 2.75) is 73.8 Å². The second kappa shape index (κ2) is 4.82. The summed E-state index contributed by atoms with van der Waals surface area (Å²) < 4.78 is 0. The molecular weight excluding hydrogens is 354 g/mol. The number of rotatable bonds is 2. The van der Waals surface area contributed by atoms with E-state index in [0.29, 0.717) is 43.9 Å². The van der Waals surface area contributed by atoms with Gasteiger partial charge in [0, 0.05) is 0 Å². The maximum absolute atomic E-state index is 13.3. The number of fused-ring (bicyclic) bond motifs is 1. The molecule has 148 valence electrons. The van der Waals surface area contributed by atoms with Gasteiger partial charge in [-0.3, -0.25) is 4.79 Å². The molecule has 1 aliphatic heterocycles. The molecule has 6 fully saturated rings. The molecule has 0 aromatic rings. The van der Waals surface area contributed by atoms with Crippen LogP contribution in [-0.2, 0) is 4.79 Å². The lowest BCUT2D eigenvalue weighted by molar-refractivity contribution is -0.237. The molecule has 0 aromatic carbocycles. The number of hydrogen-bond donors (Lipinski definition) is 6. The Balaban J connectivity index is 1.47. The quantitative estimate of drug-likeness (QED) is 0.292. The highest BCUT2D eigenvalue weighted by Crippen LogP contribution is 2.64. The van der Waals surface area contributed by atoms with E-state index >= 15 is 0 Å². The van der Waals surface area contributed by atoms with E-state index in [0.717, 1.165) is 11.3 Å². The second-order valence-electron chi connectivity index (χ2n) is 9.79. The van der Waals surface area contributed by atoms with Gasteiger partial charge in [0.15, 0.2) is 11.8 Å². The van der Waals surface area contributed by atoms with E-state index in [2.05, 4.69) is 0 Å². The lowest BCUT2D eigenvalue weighted by atomic mass is 9.46. The van der Waals surface area contributed by atoms with E-state index in [-0.39, 0.29) is 0 Å². The van der Waals surface area contributed by atoms with Crippen molar-refractivity contribution in [3.63, 3.8) is 0 Å². The van der Waals surface area contributed by atoms with E-state index in [4.69, 9.17) is 5.73 Å². The van der Waals surface area contributed by atoms with Crippen LogP contribution in [0.1, 0.15) is 38.5 Å². The minimum absolute atomic E-state index is 0.304. The Hall–Kier alpha value is -1.28. The predicted molar refractivity (Wildman–Crippen MR) is 87.9 cm³/mol. The van der Waals surface area contributed by atoms with Gasteiger partial charge < -0.3 is 36.2 Å². The molecule has 6 unspecified atom stereocenters. The molecule has 6 rings (SSSR count). The van der Waals surface area contributed by atoms with Crippen molar-refractivity contribution < 1.29 is 30.3 Å². The first-order valence-corrected chi connectivity index (χ1v) is 9.54. The topological polar surface area (TPSA) is 171 Å². The molecule has 5 aliphatic carbocycles.